The molecule has 5 heteroatoms. The maximum atomic E-state index is 11.7. The highest BCUT2D eigenvalue weighted by atomic mass is 35.5. The summed E-state index contributed by atoms with van der Waals surface area (Å²) in [4.78, 5) is 0. The number of hydrogen-bond acceptors (Lipinski definition) is 2. The third-order valence-corrected chi connectivity index (χ3v) is 5.09. The summed E-state index contributed by atoms with van der Waals surface area (Å²) in [5, 5.41) is 0. The van der Waals surface area contributed by atoms with Gasteiger partial charge in [-0.1, -0.05) is 13.3 Å². The van der Waals surface area contributed by atoms with Crippen LogP contribution in [0.1, 0.15) is 26.2 Å². The highest BCUT2D eigenvalue weighted by molar-refractivity contribution is 7.89. The molecule has 3 nitrogen and oxygen atoms in total. The first-order valence-corrected chi connectivity index (χ1v) is 7.28. The Hall–Kier alpha value is 0.200. The predicted octanol–water partition coefficient (Wildman–Crippen LogP) is 1.68. The molecule has 84 valence electrons. The normalized spacial score (nSPS) is 18.5. The van der Waals surface area contributed by atoms with Crippen molar-refractivity contribution in [1.82, 2.24) is 4.31 Å². The molecule has 0 unspecified atom stereocenters. The van der Waals surface area contributed by atoms with Crippen LogP contribution in [0.15, 0.2) is 0 Å². The fourth-order valence-corrected chi connectivity index (χ4v) is 3.50. The molecule has 0 aliphatic heterocycles. The van der Waals surface area contributed by atoms with E-state index in [0.29, 0.717) is 19.0 Å². The number of alkyl halides is 1. The molecular weight excluding hydrogens is 222 g/mol. The molecule has 0 bridgehead atoms. The molecule has 0 spiro atoms. The lowest BCUT2D eigenvalue weighted by Crippen LogP contribution is -2.38. The minimum Gasteiger partial charge on any atom is -0.212 e. The smallest absolute Gasteiger partial charge is 0.212 e. The average molecular weight is 240 g/mol. The van der Waals surface area contributed by atoms with Crippen molar-refractivity contribution in [3.8, 4) is 0 Å². The molecule has 1 aliphatic rings. The van der Waals surface area contributed by atoms with Gasteiger partial charge in [-0.15, -0.1) is 11.6 Å². The van der Waals surface area contributed by atoms with Crippen molar-refractivity contribution in [2.75, 3.05) is 24.7 Å². The zero-order valence-electron chi connectivity index (χ0n) is 8.58. The van der Waals surface area contributed by atoms with Crippen LogP contribution in [0.3, 0.4) is 0 Å². The van der Waals surface area contributed by atoms with Crippen LogP contribution in [-0.2, 0) is 10.0 Å². The van der Waals surface area contributed by atoms with Crippen molar-refractivity contribution in [1.29, 1.82) is 0 Å². The van der Waals surface area contributed by atoms with Gasteiger partial charge in [-0.3, -0.25) is 0 Å². The maximum Gasteiger partial charge on any atom is 0.215 e. The van der Waals surface area contributed by atoms with Crippen LogP contribution in [0.4, 0.5) is 0 Å². The topological polar surface area (TPSA) is 37.4 Å². The van der Waals surface area contributed by atoms with Gasteiger partial charge in [0.2, 0.25) is 10.0 Å². The molecule has 0 heterocycles. The Morgan fingerprint density at radius 2 is 2.07 bits per heavy atom. The van der Waals surface area contributed by atoms with E-state index in [1.54, 1.807) is 4.31 Å². The third-order valence-electron chi connectivity index (χ3n) is 2.77. The summed E-state index contributed by atoms with van der Waals surface area (Å²) >= 11 is 5.47. The van der Waals surface area contributed by atoms with E-state index in [-0.39, 0.29) is 11.6 Å². The average Bonchev–Trinajstić information content (AvgIpc) is 2.01. The van der Waals surface area contributed by atoms with Crippen LogP contribution in [-0.4, -0.2) is 37.4 Å². The van der Waals surface area contributed by atoms with Crippen molar-refractivity contribution in [3.05, 3.63) is 0 Å². The van der Waals surface area contributed by atoms with Gasteiger partial charge in [0, 0.05) is 19.0 Å². The Labute approximate surface area is 91.5 Å². The van der Waals surface area contributed by atoms with E-state index in [1.165, 1.54) is 19.3 Å². The molecule has 1 rings (SSSR count). The molecular formula is C9H18ClNO2S. The minimum absolute atomic E-state index is 0.0646. The van der Waals surface area contributed by atoms with Crippen molar-refractivity contribution < 1.29 is 8.42 Å². The van der Waals surface area contributed by atoms with Crippen LogP contribution >= 0.6 is 11.6 Å². The van der Waals surface area contributed by atoms with E-state index in [0.717, 1.165) is 0 Å². The van der Waals surface area contributed by atoms with Gasteiger partial charge in [-0.2, -0.15) is 0 Å². The summed E-state index contributed by atoms with van der Waals surface area (Å²) in [6.07, 6.45) is 3.59. The van der Waals surface area contributed by atoms with E-state index in [1.807, 2.05) is 6.92 Å². The van der Waals surface area contributed by atoms with Gasteiger partial charge >= 0.3 is 0 Å². The lowest BCUT2D eigenvalue weighted by molar-refractivity contribution is 0.250. The van der Waals surface area contributed by atoms with E-state index in [9.17, 15) is 8.42 Å². The van der Waals surface area contributed by atoms with Crippen molar-refractivity contribution in [2.24, 2.45) is 5.92 Å². The Bertz CT molecular complexity index is 262. The highest BCUT2D eigenvalue weighted by Crippen LogP contribution is 2.27. The second-order valence-electron chi connectivity index (χ2n) is 3.75. The van der Waals surface area contributed by atoms with Crippen LogP contribution in [0, 0.1) is 5.92 Å². The zero-order valence-corrected chi connectivity index (χ0v) is 10.1. The molecule has 0 atom stereocenters. The summed E-state index contributed by atoms with van der Waals surface area (Å²) in [5.41, 5.74) is 0. The van der Waals surface area contributed by atoms with E-state index in [4.69, 9.17) is 11.6 Å². The summed E-state index contributed by atoms with van der Waals surface area (Å²) < 4.78 is 24.9. The van der Waals surface area contributed by atoms with Crippen molar-refractivity contribution in [3.63, 3.8) is 0 Å². The number of rotatable bonds is 6. The van der Waals surface area contributed by atoms with E-state index >= 15 is 0 Å². The first kappa shape index (κ1) is 12.3. The summed E-state index contributed by atoms with van der Waals surface area (Å²) in [6, 6.07) is 0. The quantitative estimate of drug-likeness (QED) is 0.662. The van der Waals surface area contributed by atoms with Gasteiger partial charge in [0.1, 0.15) is 0 Å². The molecule has 1 aliphatic carbocycles. The Morgan fingerprint density at radius 1 is 1.43 bits per heavy atom. The molecule has 1 saturated carbocycles. The van der Waals surface area contributed by atoms with Gasteiger partial charge in [0.25, 0.3) is 0 Å². The van der Waals surface area contributed by atoms with Crippen LogP contribution < -0.4 is 0 Å². The fourth-order valence-electron chi connectivity index (χ4n) is 1.63. The van der Waals surface area contributed by atoms with Crippen LogP contribution in [0.25, 0.3) is 0 Å². The molecule has 1 fully saturated rings. The lowest BCUT2D eigenvalue weighted by Gasteiger charge is -2.31. The standard InChI is InChI=1S/C9H18ClNO2S/c1-2-11(8-9-4-3-5-9)14(12,13)7-6-10/h9H,2-8H2,1H3. The zero-order chi connectivity index (χ0) is 10.6. The Kier molecular flexibility index (Phi) is 4.67. The molecule has 0 amide bonds. The van der Waals surface area contributed by atoms with Crippen LogP contribution in [0.2, 0.25) is 0 Å². The second-order valence-corrected chi connectivity index (χ2v) is 6.22. The van der Waals surface area contributed by atoms with Crippen molar-refractivity contribution >= 4 is 21.6 Å². The Balaban J connectivity index is 2.50. The van der Waals surface area contributed by atoms with Gasteiger partial charge in [-0.25, -0.2) is 12.7 Å². The lowest BCUT2D eigenvalue weighted by atomic mass is 9.85. The molecule has 0 radical (unpaired) electrons. The number of hydrogen-bond donors (Lipinski definition) is 0. The van der Waals surface area contributed by atoms with Crippen molar-refractivity contribution in [2.45, 2.75) is 26.2 Å². The molecule has 14 heavy (non-hydrogen) atoms. The monoisotopic (exact) mass is 239 g/mol. The molecule has 0 aromatic heterocycles. The second kappa shape index (κ2) is 5.33. The van der Waals surface area contributed by atoms with E-state index < -0.39 is 10.0 Å². The summed E-state index contributed by atoms with van der Waals surface area (Å²) in [5.74, 6) is 0.832. The molecule has 0 saturated heterocycles. The van der Waals surface area contributed by atoms with Gasteiger partial charge < -0.3 is 0 Å². The first-order chi connectivity index (χ1) is 6.60. The highest BCUT2D eigenvalue weighted by Gasteiger charge is 2.26. The number of sulfonamides is 1. The maximum absolute atomic E-state index is 11.7. The molecule has 0 aromatic carbocycles. The summed E-state index contributed by atoms with van der Waals surface area (Å²) in [6.45, 7) is 3.13. The predicted molar refractivity (Wildman–Crippen MR) is 59.1 cm³/mol. The van der Waals surface area contributed by atoms with Gasteiger partial charge in [0.15, 0.2) is 0 Å². The van der Waals surface area contributed by atoms with Gasteiger partial charge in [-0.05, 0) is 18.8 Å². The first-order valence-electron chi connectivity index (χ1n) is 5.14. The Morgan fingerprint density at radius 3 is 2.43 bits per heavy atom. The molecule has 0 aromatic rings. The minimum atomic E-state index is -3.09. The van der Waals surface area contributed by atoms with Gasteiger partial charge in [0.05, 0.1) is 5.75 Å². The fraction of sp³-hybridized carbons (Fsp3) is 1.00. The number of halogens is 1. The number of nitrogens with zero attached hydrogens (tertiary/aromatic N) is 1. The van der Waals surface area contributed by atoms with Crippen LogP contribution in [0.5, 0.6) is 0 Å². The molecule has 0 N–H and O–H groups in total. The SMILES string of the molecule is CCN(CC1CCC1)S(=O)(=O)CCCl. The summed E-state index contributed by atoms with van der Waals surface area (Å²) in [7, 11) is -3.09. The third kappa shape index (κ3) is 3.11. The van der Waals surface area contributed by atoms with E-state index in [2.05, 4.69) is 0 Å². The largest absolute Gasteiger partial charge is 0.215 e.